The summed E-state index contributed by atoms with van der Waals surface area (Å²) in [6, 6.07) is 11.8. The SMILES string of the molecule is Cc1nc2cc(Cc3ccccc3)ncn2c1C(=O)O. The zero-order chi connectivity index (χ0) is 14.1. The summed E-state index contributed by atoms with van der Waals surface area (Å²) in [5.74, 6) is -0.993. The number of carboxylic acids is 1. The van der Waals surface area contributed by atoms with Gasteiger partial charge in [-0.05, 0) is 12.5 Å². The fourth-order valence-corrected chi connectivity index (χ4v) is 2.26. The minimum atomic E-state index is -0.993. The third-order valence-electron chi connectivity index (χ3n) is 3.18. The number of carboxylic acid groups (broad SMARTS) is 1. The Kier molecular flexibility index (Phi) is 2.95. The number of aromatic carboxylic acids is 1. The zero-order valence-corrected chi connectivity index (χ0v) is 10.9. The number of aromatic nitrogens is 3. The third-order valence-corrected chi connectivity index (χ3v) is 3.18. The fraction of sp³-hybridized carbons (Fsp3) is 0.133. The Labute approximate surface area is 115 Å². The summed E-state index contributed by atoms with van der Waals surface area (Å²) in [7, 11) is 0. The highest BCUT2D eigenvalue weighted by Gasteiger charge is 2.15. The molecule has 1 aromatic carbocycles. The number of carbonyl (C=O) groups is 1. The minimum absolute atomic E-state index is 0.166. The van der Waals surface area contributed by atoms with Crippen molar-refractivity contribution < 1.29 is 9.90 Å². The highest BCUT2D eigenvalue weighted by Crippen LogP contribution is 2.14. The molecule has 3 rings (SSSR count). The van der Waals surface area contributed by atoms with Gasteiger partial charge in [-0.15, -0.1) is 0 Å². The molecule has 3 aromatic rings. The van der Waals surface area contributed by atoms with Crippen LogP contribution in [-0.4, -0.2) is 25.4 Å². The van der Waals surface area contributed by atoms with Crippen molar-refractivity contribution in [1.29, 1.82) is 0 Å². The molecule has 0 unspecified atom stereocenters. The maximum atomic E-state index is 11.2. The summed E-state index contributed by atoms with van der Waals surface area (Å²) >= 11 is 0. The van der Waals surface area contributed by atoms with Crippen molar-refractivity contribution in [1.82, 2.24) is 14.4 Å². The van der Waals surface area contributed by atoms with E-state index in [0.29, 0.717) is 17.8 Å². The minimum Gasteiger partial charge on any atom is -0.477 e. The molecular formula is C15H13N3O2. The van der Waals surface area contributed by atoms with Gasteiger partial charge in [0.1, 0.15) is 12.0 Å². The van der Waals surface area contributed by atoms with Gasteiger partial charge in [-0.1, -0.05) is 30.3 Å². The molecule has 0 spiro atoms. The van der Waals surface area contributed by atoms with Crippen LogP contribution in [0.5, 0.6) is 0 Å². The lowest BCUT2D eigenvalue weighted by Crippen LogP contribution is -2.04. The summed E-state index contributed by atoms with van der Waals surface area (Å²) in [5.41, 5.74) is 3.30. The van der Waals surface area contributed by atoms with Crippen LogP contribution in [0.2, 0.25) is 0 Å². The molecule has 5 nitrogen and oxygen atoms in total. The summed E-state index contributed by atoms with van der Waals surface area (Å²) in [4.78, 5) is 19.8. The van der Waals surface area contributed by atoms with Crippen LogP contribution in [0.3, 0.4) is 0 Å². The van der Waals surface area contributed by atoms with Gasteiger partial charge in [0, 0.05) is 12.5 Å². The molecule has 2 heterocycles. The summed E-state index contributed by atoms with van der Waals surface area (Å²) in [6.07, 6.45) is 2.22. The van der Waals surface area contributed by atoms with Crippen LogP contribution in [0.4, 0.5) is 0 Å². The summed E-state index contributed by atoms with van der Waals surface area (Å²) in [6.45, 7) is 1.69. The van der Waals surface area contributed by atoms with E-state index in [2.05, 4.69) is 9.97 Å². The zero-order valence-electron chi connectivity index (χ0n) is 10.9. The molecule has 0 aliphatic heterocycles. The van der Waals surface area contributed by atoms with Crippen LogP contribution in [0.1, 0.15) is 27.4 Å². The second-order valence-electron chi connectivity index (χ2n) is 4.62. The van der Waals surface area contributed by atoms with Crippen LogP contribution >= 0.6 is 0 Å². The molecule has 0 amide bonds. The van der Waals surface area contributed by atoms with Crippen molar-refractivity contribution in [3.05, 3.63) is 65.4 Å². The summed E-state index contributed by atoms with van der Waals surface area (Å²) < 4.78 is 1.51. The van der Waals surface area contributed by atoms with E-state index in [4.69, 9.17) is 5.11 Å². The predicted molar refractivity (Wildman–Crippen MR) is 73.9 cm³/mol. The monoisotopic (exact) mass is 267 g/mol. The summed E-state index contributed by atoms with van der Waals surface area (Å²) in [5, 5.41) is 9.17. The molecule has 1 N–H and O–H groups in total. The first-order chi connectivity index (χ1) is 9.65. The lowest BCUT2D eigenvalue weighted by Gasteiger charge is -2.02. The standard InChI is InChI=1S/C15H13N3O2/c1-10-14(15(19)20)18-9-16-12(8-13(18)17-10)7-11-5-3-2-4-6-11/h2-6,8-9H,7H2,1H3,(H,19,20). The first-order valence-electron chi connectivity index (χ1n) is 6.26. The van der Waals surface area contributed by atoms with E-state index in [9.17, 15) is 4.79 Å². The quantitative estimate of drug-likeness (QED) is 0.790. The van der Waals surface area contributed by atoms with Crippen molar-refractivity contribution in [3.8, 4) is 0 Å². The van der Waals surface area contributed by atoms with Gasteiger partial charge in [0.05, 0.1) is 11.4 Å². The van der Waals surface area contributed by atoms with E-state index < -0.39 is 5.97 Å². The lowest BCUT2D eigenvalue weighted by molar-refractivity contribution is 0.0688. The molecule has 0 aliphatic carbocycles. The van der Waals surface area contributed by atoms with Gasteiger partial charge >= 0.3 is 5.97 Å². The normalized spacial score (nSPS) is 10.8. The number of nitrogens with zero attached hydrogens (tertiary/aromatic N) is 3. The first-order valence-corrected chi connectivity index (χ1v) is 6.26. The molecule has 0 fully saturated rings. The van der Waals surface area contributed by atoms with Crippen LogP contribution in [0.25, 0.3) is 5.65 Å². The molecule has 0 atom stereocenters. The van der Waals surface area contributed by atoms with Crippen molar-refractivity contribution in [2.75, 3.05) is 0 Å². The molecule has 0 bridgehead atoms. The van der Waals surface area contributed by atoms with Crippen molar-refractivity contribution >= 4 is 11.6 Å². The van der Waals surface area contributed by atoms with Gasteiger partial charge in [0.2, 0.25) is 0 Å². The molecular weight excluding hydrogens is 254 g/mol. The Morgan fingerprint density at radius 3 is 2.75 bits per heavy atom. The largest absolute Gasteiger partial charge is 0.477 e. The van der Waals surface area contributed by atoms with Crippen molar-refractivity contribution in [2.24, 2.45) is 0 Å². The van der Waals surface area contributed by atoms with Gasteiger partial charge in [-0.3, -0.25) is 4.40 Å². The molecule has 2 aromatic heterocycles. The number of fused-ring (bicyclic) bond motifs is 1. The van der Waals surface area contributed by atoms with E-state index in [1.165, 1.54) is 10.7 Å². The Balaban J connectivity index is 2.02. The third kappa shape index (κ3) is 2.14. The number of hydrogen-bond donors (Lipinski definition) is 1. The van der Waals surface area contributed by atoms with Crippen molar-refractivity contribution in [3.63, 3.8) is 0 Å². The maximum absolute atomic E-state index is 11.2. The smallest absolute Gasteiger partial charge is 0.354 e. The Morgan fingerprint density at radius 1 is 1.30 bits per heavy atom. The molecule has 100 valence electrons. The van der Waals surface area contributed by atoms with Gasteiger partial charge in [0.25, 0.3) is 0 Å². The van der Waals surface area contributed by atoms with Crippen LogP contribution in [0.15, 0.2) is 42.7 Å². The average Bonchev–Trinajstić information content (AvgIpc) is 2.75. The predicted octanol–water partition coefficient (Wildman–Crippen LogP) is 2.33. The maximum Gasteiger partial charge on any atom is 0.354 e. The van der Waals surface area contributed by atoms with Crippen LogP contribution in [0, 0.1) is 6.92 Å². The number of rotatable bonds is 3. The van der Waals surface area contributed by atoms with Gasteiger partial charge < -0.3 is 5.11 Å². The molecule has 20 heavy (non-hydrogen) atoms. The first kappa shape index (κ1) is 12.3. The number of imidazole rings is 1. The Bertz CT molecular complexity index is 778. The number of hydrogen-bond acceptors (Lipinski definition) is 3. The second kappa shape index (κ2) is 4.77. The van der Waals surface area contributed by atoms with Crippen LogP contribution < -0.4 is 0 Å². The lowest BCUT2D eigenvalue weighted by atomic mass is 10.1. The number of aryl methyl sites for hydroxylation is 1. The van der Waals surface area contributed by atoms with E-state index in [1.807, 2.05) is 36.4 Å². The Hall–Kier alpha value is -2.69. The molecule has 0 saturated heterocycles. The van der Waals surface area contributed by atoms with E-state index in [1.54, 1.807) is 6.92 Å². The van der Waals surface area contributed by atoms with E-state index >= 15 is 0 Å². The van der Waals surface area contributed by atoms with E-state index in [0.717, 1.165) is 11.3 Å². The molecule has 0 saturated carbocycles. The van der Waals surface area contributed by atoms with Crippen LogP contribution in [-0.2, 0) is 6.42 Å². The van der Waals surface area contributed by atoms with Gasteiger partial charge in [-0.2, -0.15) is 0 Å². The fourth-order valence-electron chi connectivity index (χ4n) is 2.26. The molecule has 0 radical (unpaired) electrons. The Morgan fingerprint density at radius 2 is 2.05 bits per heavy atom. The highest BCUT2D eigenvalue weighted by molar-refractivity contribution is 5.88. The number of benzene rings is 1. The molecule has 0 aliphatic rings. The van der Waals surface area contributed by atoms with Crippen molar-refractivity contribution in [2.45, 2.75) is 13.3 Å². The van der Waals surface area contributed by atoms with Gasteiger partial charge in [-0.25, -0.2) is 14.8 Å². The van der Waals surface area contributed by atoms with Gasteiger partial charge in [0.15, 0.2) is 5.69 Å². The topological polar surface area (TPSA) is 67.5 Å². The van der Waals surface area contributed by atoms with E-state index in [-0.39, 0.29) is 5.69 Å². The second-order valence-corrected chi connectivity index (χ2v) is 4.62. The average molecular weight is 267 g/mol. The molecule has 5 heteroatoms. The highest BCUT2D eigenvalue weighted by atomic mass is 16.4.